The Hall–Kier alpha value is -1.95. The number of benzene rings is 1. The summed E-state index contributed by atoms with van der Waals surface area (Å²) in [6.07, 6.45) is 0. The van der Waals surface area contributed by atoms with Crippen molar-refractivity contribution in [3.8, 4) is 5.75 Å². The second-order valence-electron chi connectivity index (χ2n) is 4.51. The number of hydrogen-bond donors (Lipinski definition) is 1. The summed E-state index contributed by atoms with van der Waals surface area (Å²) in [5.74, 6) is -3.15. The molecule has 2 N–H and O–H groups in total. The second-order valence-corrected chi connectivity index (χ2v) is 4.51. The standard InChI is InChI=1S/C14H15F2NO3/c1-3-19-14(18)13(17)12-7(2)6-20-11-5-10(16)9(15)4-8(11)12/h4-5,12-13H,2-3,6,17H2,1H3/t12?,13-/m0/s1. The zero-order valence-electron chi connectivity index (χ0n) is 11.0. The lowest BCUT2D eigenvalue weighted by Crippen LogP contribution is -2.41. The second kappa shape index (κ2) is 5.58. The Morgan fingerprint density at radius 3 is 2.85 bits per heavy atom. The Morgan fingerprint density at radius 1 is 1.55 bits per heavy atom. The number of hydrogen-bond acceptors (Lipinski definition) is 4. The van der Waals surface area contributed by atoms with Crippen molar-refractivity contribution in [2.75, 3.05) is 13.2 Å². The summed E-state index contributed by atoms with van der Waals surface area (Å²) in [6.45, 7) is 5.72. The van der Waals surface area contributed by atoms with Gasteiger partial charge in [-0.3, -0.25) is 4.79 Å². The number of fused-ring (bicyclic) bond motifs is 1. The third-order valence-corrected chi connectivity index (χ3v) is 3.16. The normalized spacial score (nSPS) is 19.0. The molecule has 1 aromatic carbocycles. The molecule has 2 rings (SSSR count). The zero-order chi connectivity index (χ0) is 14.9. The minimum Gasteiger partial charge on any atom is -0.489 e. The van der Waals surface area contributed by atoms with Crippen molar-refractivity contribution in [3.05, 3.63) is 41.5 Å². The van der Waals surface area contributed by atoms with Crippen LogP contribution in [0.2, 0.25) is 0 Å². The van der Waals surface area contributed by atoms with Crippen LogP contribution in [0.15, 0.2) is 24.3 Å². The van der Waals surface area contributed by atoms with Gasteiger partial charge in [-0.05, 0) is 18.6 Å². The van der Waals surface area contributed by atoms with Gasteiger partial charge in [0, 0.05) is 17.5 Å². The maximum atomic E-state index is 13.4. The molecule has 0 spiro atoms. The van der Waals surface area contributed by atoms with Crippen molar-refractivity contribution in [1.82, 2.24) is 0 Å². The fourth-order valence-electron chi connectivity index (χ4n) is 2.21. The summed E-state index contributed by atoms with van der Waals surface area (Å²) in [4.78, 5) is 11.8. The first-order valence-corrected chi connectivity index (χ1v) is 6.17. The third kappa shape index (κ3) is 2.51. The van der Waals surface area contributed by atoms with Gasteiger partial charge in [-0.1, -0.05) is 6.58 Å². The van der Waals surface area contributed by atoms with Crippen molar-refractivity contribution in [2.45, 2.75) is 18.9 Å². The quantitative estimate of drug-likeness (QED) is 0.679. The predicted molar refractivity (Wildman–Crippen MR) is 68.3 cm³/mol. The van der Waals surface area contributed by atoms with Gasteiger partial charge in [-0.15, -0.1) is 0 Å². The van der Waals surface area contributed by atoms with E-state index < -0.39 is 29.6 Å². The highest BCUT2D eigenvalue weighted by molar-refractivity contribution is 5.78. The van der Waals surface area contributed by atoms with Gasteiger partial charge < -0.3 is 15.2 Å². The Balaban J connectivity index is 2.42. The van der Waals surface area contributed by atoms with Crippen LogP contribution in [-0.2, 0) is 9.53 Å². The lowest BCUT2D eigenvalue weighted by molar-refractivity contribution is -0.145. The van der Waals surface area contributed by atoms with Gasteiger partial charge in [0.25, 0.3) is 0 Å². The van der Waals surface area contributed by atoms with Gasteiger partial charge in [0.1, 0.15) is 18.4 Å². The first-order chi connectivity index (χ1) is 9.45. The van der Waals surface area contributed by atoms with E-state index in [1.165, 1.54) is 0 Å². The van der Waals surface area contributed by atoms with Gasteiger partial charge >= 0.3 is 5.97 Å². The molecule has 0 fully saturated rings. The van der Waals surface area contributed by atoms with Gasteiger partial charge in [-0.2, -0.15) is 0 Å². The molecule has 1 aliphatic heterocycles. The summed E-state index contributed by atoms with van der Waals surface area (Å²) in [5, 5.41) is 0. The molecule has 20 heavy (non-hydrogen) atoms. The molecule has 1 aliphatic rings. The fourth-order valence-corrected chi connectivity index (χ4v) is 2.21. The van der Waals surface area contributed by atoms with Gasteiger partial charge in [0.05, 0.1) is 6.61 Å². The van der Waals surface area contributed by atoms with Crippen LogP contribution in [-0.4, -0.2) is 25.2 Å². The van der Waals surface area contributed by atoms with Crippen molar-refractivity contribution >= 4 is 5.97 Å². The smallest absolute Gasteiger partial charge is 0.323 e. The topological polar surface area (TPSA) is 61.5 Å². The maximum absolute atomic E-state index is 13.4. The lowest BCUT2D eigenvalue weighted by atomic mass is 9.84. The highest BCUT2D eigenvalue weighted by atomic mass is 19.2. The number of carbonyl (C=O) groups excluding carboxylic acids is 1. The molecule has 0 amide bonds. The van der Waals surface area contributed by atoms with E-state index in [4.69, 9.17) is 15.2 Å². The van der Waals surface area contributed by atoms with Crippen LogP contribution in [0.3, 0.4) is 0 Å². The van der Waals surface area contributed by atoms with Crippen LogP contribution < -0.4 is 10.5 Å². The minimum absolute atomic E-state index is 0.0931. The van der Waals surface area contributed by atoms with Crippen molar-refractivity contribution in [3.63, 3.8) is 0 Å². The van der Waals surface area contributed by atoms with E-state index in [2.05, 4.69) is 6.58 Å². The number of nitrogens with two attached hydrogens (primary N) is 1. The van der Waals surface area contributed by atoms with E-state index in [1.54, 1.807) is 6.92 Å². The average molecular weight is 283 g/mol. The summed E-state index contributed by atoms with van der Waals surface area (Å²) < 4.78 is 36.8. The molecule has 2 atom stereocenters. The van der Waals surface area contributed by atoms with E-state index in [0.29, 0.717) is 11.1 Å². The number of esters is 1. The first kappa shape index (κ1) is 14.5. The molecule has 0 aliphatic carbocycles. The molecule has 0 saturated carbocycles. The summed E-state index contributed by atoms with van der Waals surface area (Å²) in [5.41, 5.74) is 6.69. The zero-order valence-corrected chi connectivity index (χ0v) is 11.0. The first-order valence-electron chi connectivity index (χ1n) is 6.17. The molecule has 1 heterocycles. The number of halogens is 2. The fraction of sp³-hybridized carbons (Fsp3) is 0.357. The summed E-state index contributed by atoms with van der Waals surface area (Å²) >= 11 is 0. The van der Waals surface area contributed by atoms with Gasteiger partial charge in [-0.25, -0.2) is 8.78 Å². The van der Waals surface area contributed by atoms with E-state index in [0.717, 1.165) is 12.1 Å². The molecule has 0 aromatic heterocycles. The Bertz CT molecular complexity index is 560. The monoisotopic (exact) mass is 283 g/mol. The summed E-state index contributed by atoms with van der Waals surface area (Å²) in [7, 11) is 0. The molecular weight excluding hydrogens is 268 g/mol. The minimum atomic E-state index is -1.03. The molecule has 0 saturated heterocycles. The molecule has 6 heteroatoms. The molecule has 0 bridgehead atoms. The molecule has 108 valence electrons. The van der Waals surface area contributed by atoms with Crippen molar-refractivity contribution in [2.24, 2.45) is 5.73 Å². The van der Waals surface area contributed by atoms with Crippen LogP contribution in [0.25, 0.3) is 0 Å². The molecule has 4 nitrogen and oxygen atoms in total. The van der Waals surface area contributed by atoms with Crippen molar-refractivity contribution < 1.29 is 23.0 Å². The van der Waals surface area contributed by atoms with E-state index >= 15 is 0 Å². The van der Waals surface area contributed by atoms with Crippen LogP contribution in [0.4, 0.5) is 8.78 Å². The van der Waals surface area contributed by atoms with Crippen LogP contribution >= 0.6 is 0 Å². The number of rotatable bonds is 3. The Labute approximate surface area is 115 Å². The van der Waals surface area contributed by atoms with Gasteiger partial charge in [0.2, 0.25) is 0 Å². The largest absolute Gasteiger partial charge is 0.489 e. The van der Waals surface area contributed by atoms with E-state index in [-0.39, 0.29) is 19.0 Å². The van der Waals surface area contributed by atoms with Crippen molar-refractivity contribution in [1.29, 1.82) is 0 Å². The summed E-state index contributed by atoms with van der Waals surface area (Å²) in [6, 6.07) is 0.899. The molecular formula is C14H15F2NO3. The SMILES string of the molecule is C=C1COc2cc(F)c(F)cc2C1[C@H](N)C(=O)OCC. The molecule has 1 unspecified atom stereocenters. The van der Waals surface area contributed by atoms with Gasteiger partial charge in [0.15, 0.2) is 11.6 Å². The van der Waals surface area contributed by atoms with Crippen LogP contribution in [0.1, 0.15) is 18.4 Å². The maximum Gasteiger partial charge on any atom is 0.323 e. The predicted octanol–water partition coefficient (Wildman–Crippen LogP) is 1.89. The number of ether oxygens (including phenoxy) is 2. The highest BCUT2D eigenvalue weighted by Gasteiger charge is 2.35. The third-order valence-electron chi connectivity index (χ3n) is 3.16. The average Bonchev–Trinajstić information content (AvgIpc) is 2.40. The number of carbonyl (C=O) groups is 1. The Kier molecular flexibility index (Phi) is 4.04. The highest BCUT2D eigenvalue weighted by Crippen LogP contribution is 2.39. The van der Waals surface area contributed by atoms with E-state index in [9.17, 15) is 13.6 Å². The molecule has 1 aromatic rings. The van der Waals surface area contributed by atoms with Crippen LogP contribution in [0.5, 0.6) is 5.75 Å². The van der Waals surface area contributed by atoms with Crippen LogP contribution in [0, 0.1) is 11.6 Å². The lowest BCUT2D eigenvalue weighted by Gasteiger charge is -2.31. The molecule has 0 radical (unpaired) electrons. The Morgan fingerprint density at radius 2 is 2.20 bits per heavy atom. The van der Waals surface area contributed by atoms with E-state index in [1.807, 2.05) is 0 Å².